The van der Waals surface area contributed by atoms with Crippen LogP contribution in [0.2, 0.25) is 5.02 Å². The quantitative estimate of drug-likeness (QED) is 0.304. The first-order chi connectivity index (χ1) is 20.4. The summed E-state index contributed by atoms with van der Waals surface area (Å²) in [6, 6.07) is 5.87. The summed E-state index contributed by atoms with van der Waals surface area (Å²) in [4.78, 5) is 18.8. The number of phenols is 1. The summed E-state index contributed by atoms with van der Waals surface area (Å²) in [5.41, 5.74) is 0.628. The average Bonchev–Trinajstić information content (AvgIpc) is 3.59. The molecular formula is C31H33ClF2N6O2. The van der Waals surface area contributed by atoms with Gasteiger partial charge in [0.1, 0.15) is 35.2 Å². The second kappa shape index (κ2) is 10.7. The standard InChI is InChI=1S/C31H33ClF2N6O2/c1-2-22-24-28(26(34)27(36-22)20-16-19(41)15-18-5-6-21(32)25(33)23(18)20)37-30(38-29(24)39-13-9-35-10-14-39)42-17-31-7-3-11-40(31)12-4-8-31/h5-6,15-16,35,41H,2-4,7-14,17H2,1H3. The first-order valence-electron chi connectivity index (χ1n) is 14.7. The molecule has 42 heavy (non-hydrogen) atoms. The van der Waals surface area contributed by atoms with Gasteiger partial charge in [-0.05, 0) is 68.8 Å². The van der Waals surface area contributed by atoms with Crippen LogP contribution in [0.25, 0.3) is 32.9 Å². The van der Waals surface area contributed by atoms with Gasteiger partial charge >= 0.3 is 6.01 Å². The molecule has 0 saturated carbocycles. The fourth-order valence-electron chi connectivity index (χ4n) is 7.04. The summed E-state index contributed by atoms with van der Waals surface area (Å²) in [5, 5.41) is 14.8. The van der Waals surface area contributed by atoms with E-state index in [4.69, 9.17) is 26.3 Å². The van der Waals surface area contributed by atoms with Gasteiger partial charge in [0, 0.05) is 37.1 Å². The van der Waals surface area contributed by atoms with Crippen molar-refractivity contribution >= 4 is 39.1 Å². The molecule has 2 aromatic heterocycles. The molecule has 3 fully saturated rings. The minimum absolute atomic E-state index is 0.0265. The maximum Gasteiger partial charge on any atom is 0.319 e. The zero-order chi connectivity index (χ0) is 29.0. The van der Waals surface area contributed by atoms with Crippen molar-refractivity contribution in [2.75, 3.05) is 50.8 Å². The smallest absolute Gasteiger partial charge is 0.319 e. The van der Waals surface area contributed by atoms with Crippen LogP contribution in [-0.2, 0) is 6.42 Å². The number of nitrogens with one attached hydrogen (secondary N) is 1. The Labute approximate surface area is 247 Å². The van der Waals surface area contributed by atoms with Gasteiger partial charge in [0.05, 0.1) is 21.6 Å². The second-order valence-corrected chi connectivity index (χ2v) is 11.9. The highest BCUT2D eigenvalue weighted by atomic mass is 35.5. The minimum atomic E-state index is -0.723. The molecule has 0 aliphatic carbocycles. The van der Waals surface area contributed by atoms with Gasteiger partial charge in [-0.25, -0.2) is 13.8 Å². The van der Waals surface area contributed by atoms with Gasteiger partial charge in [0.2, 0.25) is 0 Å². The number of fused-ring (bicyclic) bond motifs is 3. The number of phenolic OH excluding ortho intramolecular Hbond substituents is 1. The number of aryl methyl sites for hydroxylation is 1. The number of ether oxygens (including phenoxy) is 1. The van der Waals surface area contributed by atoms with Crippen molar-refractivity contribution in [1.82, 2.24) is 25.2 Å². The van der Waals surface area contributed by atoms with Gasteiger partial charge in [0.15, 0.2) is 5.82 Å². The molecule has 3 aliphatic rings. The van der Waals surface area contributed by atoms with E-state index in [2.05, 4.69) is 20.1 Å². The third-order valence-electron chi connectivity index (χ3n) is 9.10. The zero-order valence-corrected chi connectivity index (χ0v) is 24.3. The number of aromatic nitrogens is 3. The number of rotatable bonds is 6. The van der Waals surface area contributed by atoms with Gasteiger partial charge in [-0.15, -0.1) is 0 Å². The Kier molecular flexibility index (Phi) is 7.03. The van der Waals surface area contributed by atoms with Crippen molar-refractivity contribution in [2.45, 2.75) is 44.6 Å². The number of pyridine rings is 1. The lowest BCUT2D eigenvalue weighted by Gasteiger charge is -2.32. The summed E-state index contributed by atoms with van der Waals surface area (Å²) in [5.74, 6) is -0.968. The molecule has 0 unspecified atom stereocenters. The number of aromatic hydroxyl groups is 1. The Hall–Kier alpha value is -3.34. The van der Waals surface area contributed by atoms with E-state index < -0.39 is 11.6 Å². The molecule has 0 spiro atoms. The van der Waals surface area contributed by atoms with Gasteiger partial charge < -0.3 is 20.1 Å². The van der Waals surface area contributed by atoms with Crippen molar-refractivity contribution in [3.8, 4) is 23.0 Å². The lowest BCUT2D eigenvalue weighted by molar-refractivity contribution is 0.108. The second-order valence-electron chi connectivity index (χ2n) is 11.5. The van der Waals surface area contributed by atoms with Crippen LogP contribution in [0.5, 0.6) is 11.8 Å². The number of piperazine rings is 1. The largest absolute Gasteiger partial charge is 0.508 e. The lowest BCUT2D eigenvalue weighted by atomic mass is 9.95. The fraction of sp³-hybridized carbons (Fsp3) is 0.452. The maximum absolute atomic E-state index is 16.8. The van der Waals surface area contributed by atoms with Crippen LogP contribution >= 0.6 is 11.6 Å². The van der Waals surface area contributed by atoms with E-state index in [9.17, 15) is 5.11 Å². The molecule has 4 aromatic rings. The Balaban J connectivity index is 1.43. The Morgan fingerprint density at radius 2 is 1.76 bits per heavy atom. The predicted molar refractivity (Wildman–Crippen MR) is 160 cm³/mol. The van der Waals surface area contributed by atoms with Crippen molar-refractivity contribution < 1.29 is 18.6 Å². The molecule has 11 heteroatoms. The number of hydrogen-bond acceptors (Lipinski definition) is 8. The van der Waals surface area contributed by atoms with Crippen LogP contribution < -0.4 is 15.0 Å². The lowest BCUT2D eigenvalue weighted by Crippen LogP contribution is -2.44. The molecule has 0 amide bonds. The van der Waals surface area contributed by atoms with E-state index in [-0.39, 0.29) is 44.5 Å². The van der Waals surface area contributed by atoms with Crippen LogP contribution in [0.4, 0.5) is 14.6 Å². The zero-order valence-electron chi connectivity index (χ0n) is 23.5. The highest BCUT2D eigenvalue weighted by Crippen LogP contribution is 2.42. The Morgan fingerprint density at radius 1 is 1.00 bits per heavy atom. The van der Waals surface area contributed by atoms with Crippen molar-refractivity contribution in [3.05, 3.63) is 46.6 Å². The molecule has 2 N–H and O–H groups in total. The monoisotopic (exact) mass is 594 g/mol. The molecule has 220 valence electrons. The molecule has 0 bridgehead atoms. The molecule has 3 saturated heterocycles. The number of halogens is 3. The van der Waals surface area contributed by atoms with Gasteiger partial charge in [-0.1, -0.05) is 24.6 Å². The third kappa shape index (κ3) is 4.51. The van der Waals surface area contributed by atoms with Crippen molar-refractivity contribution in [2.24, 2.45) is 0 Å². The Bertz CT molecular complexity index is 1690. The van der Waals surface area contributed by atoms with E-state index in [1.165, 1.54) is 18.2 Å². The van der Waals surface area contributed by atoms with Gasteiger partial charge in [0.25, 0.3) is 0 Å². The van der Waals surface area contributed by atoms with Crippen molar-refractivity contribution in [1.29, 1.82) is 0 Å². The number of nitrogens with zero attached hydrogens (tertiary/aromatic N) is 5. The number of hydrogen-bond donors (Lipinski definition) is 2. The van der Waals surface area contributed by atoms with Crippen LogP contribution in [-0.4, -0.2) is 76.4 Å². The van der Waals surface area contributed by atoms with Crippen LogP contribution in [0, 0.1) is 11.6 Å². The van der Waals surface area contributed by atoms with Gasteiger partial charge in [-0.2, -0.15) is 9.97 Å². The van der Waals surface area contributed by atoms with E-state index in [1.54, 1.807) is 6.07 Å². The minimum Gasteiger partial charge on any atom is -0.508 e. The van der Waals surface area contributed by atoms with Gasteiger partial charge in [-0.3, -0.25) is 4.90 Å². The number of anilines is 1. The van der Waals surface area contributed by atoms with E-state index in [0.717, 1.165) is 51.9 Å². The fourth-order valence-corrected chi connectivity index (χ4v) is 7.19. The maximum atomic E-state index is 16.8. The van der Waals surface area contributed by atoms with Crippen LogP contribution in [0.1, 0.15) is 38.3 Å². The van der Waals surface area contributed by atoms with E-state index in [0.29, 0.717) is 48.4 Å². The molecule has 2 aromatic carbocycles. The number of benzene rings is 2. The summed E-state index contributed by atoms with van der Waals surface area (Å²) in [7, 11) is 0. The summed E-state index contributed by atoms with van der Waals surface area (Å²) < 4.78 is 38.5. The first-order valence-corrected chi connectivity index (χ1v) is 15.1. The highest BCUT2D eigenvalue weighted by molar-refractivity contribution is 6.31. The molecule has 7 rings (SSSR count). The molecule has 3 aliphatic heterocycles. The summed E-state index contributed by atoms with van der Waals surface area (Å²) in [6.07, 6.45) is 4.86. The normalized spacial score (nSPS) is 18.7. The first kappa shape index (κ1) is 27.5. The SMILES string of the molecule is CCc1nc(-c2cc(O)cc3ccc(Cl)c(F)c23)c(F)c2nc(OCC34CCCN3CCC4)nc(N3CCNCC3)c12. The average molecular weight is 595 g/mol. The Morgan fingerprint density at radius 3 is 2.50 bits per heavy atom. The molecule has 5 heterocycles. The summed E-state index contributed by atoms with van der Waals surface area (Å²) >= 11 is 6.13. The third-order valence-corrected chi connectivity index (χ3v) is 9.39. The predicted octanol–water partition coefficient (Wildman–Crippen LogP) is 5.46. The van der Waals surface area contributed by atoms with E-state index in [1.807, 2.05) is 6.92 Å². The topological polar surface area (TPSA) is 86.6 Å². The highest BCUT2D eigenvalue weighted by Gasteiger charge is 2.45. The molecule has 0 radical (unpaired) electrons. The summed E-state index contributed by atoms with van der Waals surface area (Å²) in [6.45, 7) is 7.43. The molecular weight excluding hydrogens is 562 g/mol. The van der Waals surface area contributed by atoms with Crippen LogP contribution in [0.3, 0.4) is 0 Å². The van der Waals surface area contributed by atoms with Crippen molar-refractivity contribution in [3.63, 3.8) is 0 Å². The molecule has 8 nitrogen and oxygen atoms in total. The molecule has 0 atom stereocenters. The van der Waals surface area contributed by atoms with Crippen LogP contribution in [0.15, 0.2) is 24.3 Å². The van der Waals surface area contributed by atoms with E-state index >= 15 is 8.78 Å².